The number of ether oxygens (including phenoxy) is 1. The Morgan fingerprint density at radius 1 is 1.31 bits per heavy atom. The van der Waals surface area contributed by atoms with Crippen LogP contribution in [-0.4, -0.2) is 19.0 Å². The lowest BCUT2D eigenvalue weighted by Crippen LogP contribution is -2.15. The van der Waals surface area contributed by atoms with Crippen molar-refractivity contribution in [3.63, 3.8) is 0 Å². The highest BCUT2D eigenvalue weighted by atomic mass is 19.2. The Labute approximate surface area is 93.2 Å². The van der Waals surface area contributed by atoms with E-state index in [1.807, 2.05) is 30.3 Å². The average Bonchev–Trinajstić information content (AvgIpc) is 2.30. The van der Waals surface area contributed by atoms with E-state index < -0.39 is 19.0 Å². The Bertz CT molecular complexity index is 314. The van der Waals surface area contributed by atoms with Crippen molar-refractivity contribution in [2.75, 3.05) is 6.67 Å². The molecule has 0 fully saturated rings. The molecule has 0 radical (unpaired) electrons. The van der Waals surface area contributed by atoms with Gasteiger partial charge in [-0.1, -0.05) is 30.3 Å². The first-order valence-electron chi connectivity index (χ1n) is 5.16. The summed E-state index contributed by atoms with van der Waals surface area (Å²) in [4.78, 5) is 11.0. The Balaban J connectivity index is 2.18. The SMILES string of the molecule is O=C(CCCc1ccccc1)OC(F)CF. The molecule has 1 rings (SSSR count). The zero-order valence-electron chi connectivity index (χ0n) is 8.86. The number of alkyl halides is 2. The molecular formula is C12H14F2O2. The van der Waals surface area contributed by atoms with Crippen LogP contribution in [0.1, 0.15) is 18.4 Å². The van der Waals surface area contributed by atoms with E-state index in [-0.39, 0.29) is 6.42 Å². The van der Waals surface area contributed by atoms with E-state index in [9.17, 15) is 13.6 Å². The maximum Gasteiger partial charge on any atom is 0.308 e. The summed E-state index contributed by atoms with van der Waals surface area (Å²) >= 11 is 0. The fourth-order valence-corrected chi connectivity index (χ4v) is 1.31. The molecule has 0 saturated carbocycles. The number of hydrogen-bond acceptors (Lipinski definition) is 2. The van der Waals surface area contributed by atoms with Gasteiger partial charge in [-0.15, -0.1) is 0 Å². The van der Waals surface area contributed by atoms with Gasteiger partial charge in [-0.25, -0.2) is 4.39 Å². The van der Waals surface area contributed by atoms with Gasteiger partial charge in [0.2, 0.25) is 0 Å². The van der Waals surface area contributed by atoms with Crippen molar-refractivity contribution in [2.24, 2.45) is 0 Å². The van der Waals surface area contributed by atoms with Crippen molar-refractivity contribution >= 4 is 5.97 Å². The topological polar surface area (TPSA) is 26.3 Å². The summed E-state index contributed by atoms with van der Waals surface area (Å²) in [5, 5.41) is 0. The molecule has 0 aliphatic carbocycles. The summed E-state index contributed by atoms with van der Waals surface area (Å²) in [6, 6.07) is 9.63. The number of carbonyl (C=O) groups excluding carboxylic acids is 1. The second-order valence-electron chi connectivity index (χ2n) is 3.39. The summed E-state index contributed by atoms with van der Waals surface area (Å²) in [5.41, 5.74) is 1.11. The van der Waals surface area contributed by atoms with Gasteiger partial charge in [-0.05, 0) is 18.4 Å². The van der Waals surface area contributed by atoms with Gasteiger partial charge in [0.05, 0.1) is 0 Å². The predicted octanol–water partition coefficient (Wildman–Crippen LogP) is 2.82. The first kappa shape index (κ1) is 12.6. The van der Waals surface area contributed by atoms with Crippen LogP contribution >= 0.6 is 0 Å². The second kappa shape index (κ2) is 6.93. The third-order valence-electron chi connectivity index (χ3n) is 2.07. The summed E-state index contributed by atoms with van der Waals surface area (Å²) in [5.74, 6) is -0.693. The van der Waals surface area contributed by atoms with Gasteiger partial charge in [0.1, 0.15) is 0 Å². The molecule has 0 heterocycles. The van der Waals surface area contributed by atoms with Gasteiger partial charge in [-0.2, -0.15) is 4.39 Å². The van der Waals surface area contributed by atoms with E-state index >= 15 is 0 Å². The van der Waals surface area contributed by atoms with Crippen LogP contribution in [0.25, 0.3) is 0 Å². The monoisotopic (exact) mass is 228 g/mol. The van der Waals surface area contributed by atoms with Crippen molar-refractivity contribution in [1.82, 2.24) is 0 Å². The maximum absolute atomic E-state index is 12.3. The lowest BCUT2D eigenvalue weighted by molar-refractivity contribution is -0.159. The van der Waals surface area contributed by atoms with Crippen LogP contribution in [0, 0.1) is 0 Å². The van der Waals surface area contributed by atoms with Crippen LogP contribution in [0.5, 0.6) is 0 Å². The fourth-order valence-electron chi connectivity index (χ4n) is 1.31. The zero-order valence-corrected chi connectivity index (χ0v) is 8.86. The number of esters is 1. The number of benzene rings is 1. The van der Waals surface area contributed by atoms with E-state index in [0.717, 1.165) is 12.0 Å². The van der Waals surface area contributed by atoms with E-state index in [1.165, 1.54) is 0 Å². The molecule has 1 atom stereocenters. The molecule has 16 heavy (non-hydrogen) atoms. The number of hydrogen-bond donors (Lipinski definition) is 0. The van der Waals surface area contributed by atoms with E-state index in [1.54, 1.807) is 0 Å². The molecule has 0 bridgehead atoms. The number of rotatable bonds is 6. The van der Waals surface area contributed by atoms with Crippen LogP contribution < -0.4 is 0 Å². The van der Waals surface area contributed by atoms with Crippen molar-refractivity contribution in [3.05, 3.63) is 35.9 Å². The highest BCUT2D eigenvalue weighted by molar-refractivity contribution is 5.69. The molecule has 0 saturated heterocycles. The minimum Gasteiger partial charge on any atom is -0.428 e. The molecule has 0 aliphatic heterocycles. The van der Waals surface area contributed by atoms with E-state index in [4.69, 9.17) is 0 Å². The van der Waals surface area contributed by atoms with Crippen molar-refractivity contribution in [1.29, 1.82) is 0 Å². The largest absolute Gasteiger partial charge is 0.428 e. The third kappa shape index (κ3) is 4.87. The minimum atomic E-state index is -2.12. The quantitative estimate of drug-likeness (QED) is 0.700. The van der Waals surface area contributed by atoms with E-state index in [0.29, 0.717) is 6.42 Å². The zero-order chi connectivity index (χ0) is 11.8. The average molecular weight is 228 g/mol. The molecular weight excluding hydrogens is 214 g/mol. The molecule has 4 heteroatoms. The summed E-state index contributed by atoms with van der Waals surface area (Å²) in [7, 11) is 0. The molecule has 0 spiro atoms. The van der Waals surface area contributed by atoms with Crippen LogP contribution in [0.3, 0.4) is 0 Å². The van der Waals surface area contributed by atoms with Crippen LogP contribution in [-0.2, 0) is 16.0 Å². The van der Waals surface area contributed by atoms with Gasteiger partial charge in [0.15, 0.2) is 6.67 Å². The minimum absolute atomic E-state index is 0.106. The van der Waals surface area contributed by atoms with Crippen molar-refractivity contribution < 1.29 is 18.3 Å². The molecule has 2 nitrogen and oxygen atoms in total. The van der Waals surface area contributed by atoms with Crippen LogP contribution in [0.15, 0.2) is 30.3 Å². The third-order valence-corrected chi connectivity index (χ3v) is 2.07. The first-order chi connectivity index (χ1) is 7.72. The first-order valence-corrected chi connectivity index (χ1v) is 5.16. The molecule has 1 aromatic rings. The molecule has 1 unspecified atom stereocenters. The van der Waals surface area contributed by atoms with Gasteiger partial charge < -0.3 is 4.74 Å². The normalized spacial score (nSPS) is 12.1. The Hall–Kier alpha value is -1.45. The smallest absolute Gasteiger partial charge is 0.308 e. The maximum atomic E-state index is 12.3. The van der Waals surface area contributed by atoms with Crippen molar-refractivity contribution in [2.45, 2.75) is 25.6 Å². The highest BCUT2D eigenvalue weighted by Gasteiger charge is 2.11. The predicted molar refractivity (Wildman–Crippen MR) is 56.3 cm³/mol. The molecule has 0 aliphatic rings. The molecule has 1 aromatic carbocycles. The Morgan fingerprint density at radius 2 is 2.00 bits per heavy atom. The number of aryl methyl sites for hydroxylation is 1. The van der Waals surface area contributed by atoms with Gasteiger partial charge >= 0.3 is 5.97 Å². The molecule has 88 valence electrons. The Kier molecular flexibility index (Phi) is 5.46. The van der Waals surface area contributed by atoms with Gasteiger partial charge in [-0.3, -0.25) is 4.79 Å². The van der Waals surface area contributed by atoms with Crippen LogP contribution in [0.4, 0.5) is 8.78 Å². The summed E-state index contributed by atoms with van der Waals surface area (Å²) in [6.45, 7) is -1.29. The summed E-state index contributed by atoms with van der Waals surface area (Å²) < 4.78 is 28.2. The Morgan fingerprint density at radius 3 is 2.62 bits per heavy atom. The van der Waals surface area contributed by atoms with Crippen LogP contribution in [0.2, 0.25) is 0 Å². The standard InChI is InChI=1S/C12H14F2O2/c13-9-11(14)16-12(15)8-4-7-10-5-2-1-3-6-10/h1-3,5-6,11H,4,7-9H2. The van der Waals surface area contributed by atoms with Gasteiger partial charge in [0.25, 0.3) is 6.36 Å². The highest BCUT2D eigenvalue weighted by Crippen LogP contribution is 2.06. The number of carbonyl (C=O) groups is 1. The molecule has 0 amide bonds. The fraction of sp³-hybridized carbons (Fsp3) is 0.417. The lowest BCUT2D eigenvalue weighted by Gasteiger charge is -2.06. The second-order valence-corrected chi connectivity index (χ2v) is 3.39. The molecule has 0 N–H and O–H groups in total. The van der Waals surface area contributed by atoms with E-state index in [2.05, 4.69) is 4.74 Å². The summed E-state index contributed by atoms with van der Waals surface area (Å²) in [6.07, 6.45) is -0.719. The molecule has 0 aromatic heterocycles. The lowest BCUT2D eigenvalue weighted by atomic mass is 10.1. The van der Waals surface area contributed by atoms with Gasteiger partial charge in [0, 0.05) is 6.42 Å². The number of halogens is 2. The van der Waals surface area contributed by atoms with Crippen molar-refractivity contribution in [3.8, 4) is 0 Å².